The molecule has 0 aliphatic heterocycles. The summed E-state index contributed by atoms with van der Waals surface area (Å²) < 4.78 is 38.2. The number of alkyl halides is 3. The number of hydrogen-bond acceptors (Lipinski definition) is 2. The summed E-state index contributed by atoms with van der Waals surface area (Å²) >= 11 is 5.77. The van der Waals surface area contributed by atoms with E-state index in [2.05, 4.69) is 0 Å². The number of benzene rings is 1. The van der Waals surface area contributed by atoms with Gasteiger partial charge in [-0.05, 0) is 30.5 Å². The fraction of sp³-hybridized carbons (Fsp3) is 0.455. The van der Waals surface area contributed by atoms with Gasteiger partial charge in [-0.3, -0.25) is 0 Å². The summed E-state index contributed by atoms with van der Waals surface area (Å²) in [5.74, 6) is 0. The molecule has 7 heteroatoms. The lowest BCUT2D eigenvalue weighted by atomic mass is 9.97. The fourth-order valence-electron chi connectivity index (χ4n) is 1.62. The molecule has 0 heterocycles. The van der Waals surface area contributed by atoms with Gasteiger partial charge < -0.3 is 10.8 Å². The molecule has 0 aliphatic rings. The van der Waals surface area contributed by atoms with Gasteiger partial charge in [0.2, 0.25) is 0 Å². The van der Waals surface area contributed by atoms with Gasteiger partial charge in [-0.1, -0.05) is 17.7 Å². The van der Waals surface area contributed by atoms with Crippen molar-refractivity contribution >= 4 is 24.0 Å². The van der Waals surface area contributed by atoms with E-state index in [0.29, 0.717) is 6.42 Å². The van der Waals surface area contributed by atoms with Gasteiger partial charge in [0.1, 0.15) is 0 Å². The first kappa shape index (κ1) is 17.5. The summed E-state index contributed by atoms with van der Waals surface area (Å²) in [6, 6.07) is 2.76. The zero-order valence-electron chi connectivity index (χ0n) is 9.38. The van der Waals surface area contributed by atoms with E-state index in [1.165, 1.54) is 12.1 Å². The molecule has 104 valence electrons. The van der Waals surface area contributed by atoms with Gasteiger partial charge in [-0.15, -0.1) is 12.4 Å². The van der Waals surface area contributed by atoms with E-state index in [9.17, 15) is 13.2 Å². The van der Waals surface area contributed by atoms with Crippen molar-refractivity contribution < 1.29 is 18.3 Å². The van der Waals surface area contributed by atoms with Crippen molar-refractivity contribution in [2.24, 2.45) is 5.73 Å². The molecule has 1 rings (SSSR count). The second-order valence-corrected chi connectivity index (χ2v) is 4.08. The molecule has 0 aliphatic carbocycles. The minimum Gasteiger partial charge on any atom is -0.396 e. The van der Waals surface area contributed by atoms with Gasteiger partial charge in [0, 0.05) is 17.7 Å². The Hall–Kier alpha value is -0.490. The Morgan fingerprint density at radius 3 is 2.44 bits per heavy atom. The third kappa shape index (κ3) is 4.31. The van der Waals surface area contributed by atoms with Gasteiger partial charge in [0.25, 0.3) is 0 Å². The second kappa shape index (κ2) is 7.19. The summed E-state index contributed by atoms with van der Waals surface area (Å²) in [7, 11) is 0. The fourth-order valence-corrected chi connectivity index (χ4v) is 1.93. The van der Waals surface area contributed by atoms with E-state index in [1.807, 2.05) is 0 Å². The van der Waals surface area contributed by atoms with Crippen LogP contribution in [0.15, 0.2) is 18.2 Å². The number of halogens is 5. The highest BCUT2D eigenvalue weighted by Crippen LogP contribution is 2.38. The van der Waals surface area contributed by atoms with Gasteiger partial charge >= 0.3 is 6.18 Å². The van der Waals surface area contributed by atoms with E-state index in [1.54, 1.807) is 0 Å². The molecule has 0 fully saturated rings. The molecule has 0 radical (unpaired) electrons. The van der Waals surface area contributed by atoms with Gasteiger partial charge in [-0.25, -0.2) is 0 Å². The Labute approximate surface area is 114 Å². The number of aliphatic hydroxyl groups is 1. The van der Waals surface area contributed by atoms with Gasteiger partial charge in [-0.2, -0.15) is 13.2 Å². The molecule has 1 aromatic carbocycles. The monoisotopic (exact) mass is 303 g/mol. The zero-order valence-corrected chi connectivity index (χ0v) is 10.9. The van der Waals surface area contributed by atoms with Crippen molar-refractivity contribution in [3.63, 3.8) is 0 Å². The molecule has 3 N–H and O–H groups in total. The van der Waals surface area contributed by atoms with Gasteiger partial charge in [0.05, 0.1) is 5.56 Å². The SMILES string of the molecule is Cl.N[C@@H](CCCO)c1c(Cl)cccc1C(F)(F)F. The first-order chi connectivity index (χ1) is 7.88. The predicted molar refractivity (Wildman–Crippen MR) is 67.0 cm³/mol. The maximum Gasteiger partial charge on any atom is 0.416 e. The molecule has 0 amide bonds. The molecule has 1 aromatic rings. The minimum atomic E-state index is -4.48. The largest absolute Gasteiger partial charge is 0.416 e. The minimum absolute atomic E-state index is 0. The van der Waals surface area contributed by atoms with Crippen LogP contribution in [0.25, 0.3) is 0 Å². The summed E-state index contributed by atoms with van der Waals surface area (Å²) in [5, 5.41) is 8.65. The van der Waals surface area contributed by atoms with E-state index < -0.39 is 17.8 Å². The zero-order chi connectivity index (χ0) is 13.1. The average Bonchev–Trinajstić information content (AvgIpc) is 2.24. The van der Waals surface area contributed by atoms with Crippen LogP contribution < -0.4 is 5.73 Å². The highest BCUT2D eigenvalue weighted by Gasteiger charge is 2.35. The number of hydrogen-bond donors (Lipinski definition) is 2. The van der Waals surface area contributed by atoms with Crippen LogP contribution in [0, 0.1) is 0 Å². The molecule has 0 saturated heterocycles. The summed E-state index contributed by atoms with van der Waals surface area (Å²) in [5.41, 5.74) is 4.77. The summed E-state index contributed by atoms with van der Waals surface area (Å²) in [6.07, 6.45) is -3.88. The van der Waals surface area contributed by atoms with Crippen molar-refractivity contribution in [3.8, 4) is 0 Å². The van der Waals surface area contributed by atoms with Gasteiger partial charge in [0.15, 0.2) is 0 Å². The van der Waals surface area contributed by atoms with Crippen LogP contribution in [0.3, 0.4) is 0 Å². The maximum absolute atomic E-state index is 12.7. The molecular formula is C11H14Cl2F3NO. The number of rotatable bonds is 4. The molecule has 0 bridgehead atoms. The quantitative estimate of drug-likeness (QED) is 0.893. The smallest absolute Gasteiger partial charge is 0.396 e. The number of aliphatic hydroxyl groups excluding tert-OH is 1. The highest BCUT2D eigenvalue weighted by atomic mass is 35.5. The lowest BCUT2D eigenvalue weighted by Crippen LogP contribution is -2.18. The van der Waals surface area contributed by atoms with Crippen LogP contribution in [0.4, 0.5) is 13.2 Å². The van der Waals surface area contributed by atoms with Crippen LogP contribution in [0.5, 0.6) is 0 Å². The third-order valence-corrected chi connectivity index (χ3v) is 2.73. The molecule has 0 unspecified atom stereocenters. The number of nitrogens with two attached hydrogens (primary N) is 1. The average molecular weight is 304 g/mol. The Morgan fingerprint density at radius 1 is 1.33 bits per heavy atom. The van der Waals surface area contributed by atoms with Crippen molar-refractivity contribution in [2.45, 2.75) is 25.1 Å². The van der Waals surface area contributed by atoms with Crippen molar-refractivity contribution in [2.75, 3.05) is 6.61 Å². The van der Waals surface area contributed by atoms with Crippen LogP contribution in [0.1, 0.15) is 30.0 Å². The lowest BCUT2D eigenvalue weighted by Gasteiger charge is -2.19. The molecule has 0 aromatic heterocycles. The van der Waals surface area contributed by atoms with E-state index in [4.69, 9.17) is 22.4 Å². The van der Waals surface area contributed by atoms with Crippen LogP contribution in [-0.2, 0) is 6.18 Å². The van der Waals surface area contributed by atoms with E-state index in [-0.39, 0.29) is 36.0 Å². The normalized spacial score (nSPS) is 13.0. The van der Waals surface area contributed by atoms with E-state index in [0.717, 1.165) is 6.07 Å². The highest BCUT2D eigenvalue weighted by molar-refractivity contribution is 6.31. The van der Waals surface area contributed by atoms with Crippen LogP contribution in [-0.4, -0.2) is 11.7 Å². The third-order valence-electron chi connectivity index (χ3n) is 2.40. The predicted octanol–water partition coefficient (Wildman–Crippen LogP) is 3.55. The van der Waals surface area contributed by atoms with E-state index >= 15 is 0 Å². The van der Waals surface area contributed by atoms with Crippen molar-refractivity contribution in [3.05, 3.63) is 34.3 Å². The molecule has 0 saturated carbocycles. The first-order valence-electron chi connectivity index (χ1n) is 5.10. The molecule has 1 atom stereocenters. The molecule has 18 heavy (non-hydrogen) atoms. The van der Waals surface area contributed by atoms with Crippen LogP contribution >= 0.6 is 24.0 Å². The molecule has 0 spiro atoms. The second-order valence-electron chi connectivity index (χ2n) is 3.67. The van der Waals surface area contributed by atoms with Crippen molar-refractivity contribution in [1.29, 1.82) is 0 Å². The summed E-state index contributed by atoms with van der Waals surface area (Å²) in [4.78, 5) is 0. The Morgan fingerprint density at radius 2 is 1.94 bits per heavy atom. The standard InChI is InChI=1S/C11H13ClF3NO.ClH/c12-8-4-1-3-7(11(13,14)15)10(8)9(16)5-2-6-17;/h1,3-4,9,17H,2,5-6,16H2;1H/t9-;/m0./s1. The Kier molecular flexibility index (Phi) is 6.99. The first-order valence-corrected chi connectivity index (χ1v) is 5.47. The van der Waals surface area contributed by atoms with Crippen molar-refractivity contribution in [1.82, 2.24) is 0 Å². The molecule has 2 nitrogen and oxygen atoms in total. The van der Waals surface area contributed by atoms with Crippen LogP contribution in [0.2, 0.25) is 5.02 Å². The Balaban J connectivity index is 0.00000289. The summed E-state index contributed by atoms with van der Waals surface area (Å²) in [6.45, 7) is -0.112. The lowest BCUT2D eigenvalue weighted by molar-refractivity contribution is -0.138. The Bertz CT molecular complexity index is 385. The molecular weight excluding hydrogens is 290 g/mol. The topological polar surface area (TPSA) is 46.2 Å². The maximum atomic E-state index is 12.7.